The van der Waals surface area contributed by atoms with Crippen molar-refractivity contribution in [1.82, 2.24) is 0 Å². The van der Waals surface area contributed by atoms with Crippen molar-refractivity contribution in [2.24, 2.45) is 5.41 Å². The zero-order valence-corrected chi connectivity index (χ0v) is 7.44. The van der Waals surface area contributed by atoms with Crippen molar-refractivity contribution in [3.8, 4) is 0 Å². The summed E-state index contributed by atoms with van der Waals surface area (Å²) in [4.78, 5) is 0. The molecule has 0 aromatic heterocycles. The summed E-state index contributed by atoms with van der Waals surface area (Å²) in [5.74, 6) is 0. The van der Waals surface area contributed by atoms with Crippen LogP contribution in [0.5, 0.6) is 0 Å². The van der Waals surface area contributed by atoms with Crippen molar-refractivity contribution >= 4 is 18.9 Å². The zero-order valence-electron chi connectivity index (χ0n) is 7.44. The Morgan fingerprint density at radius 3 is 2.10 bits per heavy atom. The number of rotatable bonds is 0. The maximum absolute atomic E-state index is 2.26. The number of allylic oxidation sites excluding steroid dienone is 4. The fraction of sp³-hybridized carbons (Fsp3) is 0.556. The Hall–Kier alpha value is 0.0774. The summed E-state index contributed by atoms with van der Waals surface area (Å²) in [5.41, 5.74) is 1.92. The van der Waals surface area contributed by atoms with Crippen LogP contribution in [0.4, 0.5) is 0 Å². The first-order valence-corrected chi connectivity index (χ1v) is 3.47. The first-order chi connectivity index (χ1) is 4.11. The van der Waals surface area contributed by atoms with Crippen molar-refractivity contribution in [3.63, 3.8) is 0 Å². The van der Waals surface area contributed by atoms with Gasteiger partial charge in [-0.25, -0.2) is 0 Å². The van der Waals surface area contributed by atoms with Crippen molar-refractivity contribution in [1.29, 1.82) is 0 Å². The van der Waals surface area contributed by atoms with E-state index in [1.807, 2.05) is 0 Å². The largest absolute Gasteiger partial charge is 0.0804 e. The molecule has 0 aromatic carbocycles. The molecular weight excluding hydrogens is 115 g/mol. The molecule has 1 rings (SSSR count). The van der Waals surface area contributed by atoms with Crippen LogP contribution in [0.1, 0.15) is 27.2 Å². The van der Waals surface area contributed by atoms with E-state index in [4.69, 9.17) is 0 Å². The van der Waals surface area contributed by atoms with Crippen molar-refractivity contribution < 1.29 is 0 Å². The van der Waals surface area contributed by atoms with Crippen LogP contribution in [-0.2, 0) is 0 Å². The predicted molar refractivity (Wildman–Crippen MR) is 47.0 cm³/mol. The molecule has 0 heterocycles. The molecule has 0 N–H and O–H groups in total. The van der Waals surface area contributed by atoms with Crippen LogP contribution < -0.4 is 0 Å². The van der Waals surface area contributed by atoms with Gasteiger partial charge in [0.05, 0.1) is 0 Å². The van der Waals surface area contributed by atoms with E-state index in [9.17, 15) is 0 Å². The van der Waals surface area contributed by atoms with Crippen LogP contribution in [0.2, 0.25) is 0 Å². The smallest absolute Gasteiger partial charge is 0 e. The molecule has 0 nitrogen and oxygen atoms in total. The summed E-state index contributed by atoms with van der Waals surface area (Å²) in [6.45, 7) is 6.77. The molecule has 0 saturated carbocycles. The van der Waals surface area contributed by atoms with Crippen LogP contribution in [0.15, 0.2) is 23.8 Å². The van der Waals surface area contributed by atoms with Crippen LogP contribution >= 0.6 is 0 Å². The second-order valence-corrected chi connectivity index (χ2v) is 3.57. The van der Waals surface area contributed by atoms with E-state index in [0.717, 1.165) is 6.42 Å². The zero-order chi connectivity index (χ0) is 6.91. The summed E-state index contributed by atoms with van der Waals surface area (Å²) >= 11 is 0. The van der Waals surface area contributed by atoms with E-state index in [0.29, 0.717) is 5.41 Å². The first-order valence-electron chi connectivity index (χ1n) is 3.47. The van der Waals surface area contributed by atoms with Gasteiger partial charge in [0.2, 0.25) is 0 Å². The summed E-state index contributed by atoms with van der Waals surface area (Å²) in [7, 11) is 0. The van der Waals surface area contributed by atoms with Crippen LogP contribution in [-0.4, -0.2) is 18.9 Å². The Labute approximate surface area is 75.6 Å². The van der Waals surface area contributed by atoms with Crippen molar-refractivity contribution in [2.75, 3.05) is 0 Å². The minimum absolute atomic E-state index is 0. The summed E-state index contributed by atoms with van der Waals surface area (Å²) in [6, 6.07) is 0. The molecule has 1 aliphatic rings. The predicted octanol–water partition coefficient (Wildman–Crippen LogP) is 2.54. The Kier molecular flexibility index (Phi) is 3.49. The fourth-order valence-corrected chi connectivity index (χ4v) is 1.00. The maximum atomic E-state index is 2.26. The first kappa shape index (κ1) is 10.1. The average molecular weight is 129 g/mol. The third-order valence-electron chi connectivity index (χ3n) is 1.73. The van der Waals surface area contributed by atoms with E-state index < -0.39 is 0 Å². The van der Waals surface area contributed by atoms with E-state index in [1.54, 1.807) is 5.57 Å². The molecule has 0 fully saturated rings. The second-order valence-electron chi connectivity index (χ2n) is 3.57. The molecule has 0 unspecified atom stereocenters. The third-order valence-corrected chi connectivity index (χ3v) is 1.73. The molecule has 0 aliphatic heterocycles. The van der Waals surface area contributed by atoms with Gasteiger partial charge in [-0.15, -0.1) is 0 Å². The van der Waals surface area contributed by atoms with E-state index >= 15 is 0 Å². The molecular formula is C9H14Li. The minimum atomic E-state index is 0. The van der Waals surface area contributed by atoms with Gasteiger partial charge >= 0.3 is 0 Å². The van der Waals surface area contributed by atoms with Crippen LogP contribution in [0.25, 0.3) is 0 Å². The molecule has 1 heteroatoms. The monoisotopic (exact) mass is 129 g/mol. The summed E-state index contributed by atoms with van der Waals surface area (Å²) in [6.07, 6.45) is 7.73. The molecule has 0 atom stereocenters. The quantitative estimate of drug-likeness (QED) is 0.441. The Bertz CT molecular complexity index is 158. The molecule has 0 spiro atoms. The molecule has 51 valence electrons. The summed E-state index contributed by atoms with van der Waals surface area (Å²) < 4.78 is 0. The Balaban J connectivity index is 0.000000810. The van der Waals surface area contributed by atoms with Crippen molar-refractivity contribution in [3.05, 3.63) is 23.8 Å². The maximum Gasteiger partial charge on any atom is 0 e. The fourth-order valence-electron chi connectivity index (χ4n) is 1.00. The third kappa shape index (κ3) is 2.37. The molecule has 0 saturated heterocycles. The van der Waals surface area contributed by atoms with Crippen LogP contribution in [0.3, 0.4) is 0 Å². The molecule has 0 amide bonds. The molecule has 0 bridgehead atoms. The molecule has 10 heavy (non-hydrogen) atoms. The van der Waals surface area contributed by atoms with Gasteiger partial charge in [-0.3, -0.25) is 0 Å². The molecule has 0 aromatic rings. The Morgan fingerprint density at radius 2 is 1.90 bits per heavy atom. The second kappa shape index (κ2) is 3.46. The molecule has 1 aliphatic carbocycles. The number of hydrogen-bond donors (Lipinski definition) is 0. The van der Waals surface area contributed by atoms with Gasteiger partial charge in [-0.1, -0.05) is 44.6 Å². The molecule has 1 radical (unpaired) electrons. The Morgan fingerprint density at radius 1 is 1.30 bits per heavy atom. The van der Waals surface area contributed by atoms with Gasteiger partial charge in [0.1, 0.15) is 0 Å². The average Bonchev–Trinajstić information content (AvgIpc) is 2.08. The van der Waals surface area contributed by atoms with E-state index in [2.05, 4.69) is 39.0 Å². The number of hydrogen-bond acceptors (Lipinski definition) is 0. The normalized spacial score (nSPS) is 16.5. The van der Waals surface area contributed by atoms with Gasteiger partial charge in [0, 0.05) is 18.9 Å². The minimum Gasteiger partial charge on any atom is -0.0804 e. The SMILES string of the molecule is CC(C)(C)C1=CC=CC1.[Li]. The van der Waals surface area contributed by atoms with Gasteiger partial charge in [-0.2, -0.15) is 0 Å². The van der Waals surface area contributed by atoms with E-state index in [1.165, 1.54) is 0 Å². The summed E-state index contributed by atoms with van der Waals surface area (Å²) in [5, 5.41) is 0. The standard InChI is InChI=1S/C9H14.Li/c1-9(2,3)8-6-4-5-7-8;/h4-6H,7H2,1-3H3;. The van der Waals surface area contributed by atoms with Gasteiger partial charge in [0.15, 0.2) is 0 Å². The van der Waals surface area contributed by atoms with Gasteiger partial charge < -0.3 is 0 Å². The van der Waals surface area contributed by atoms with Gasteiger partial charge in [0.25, 0.3) is 0 Å². The van der Waals surface area contributed by atoms with E-state index in [-0.39, 0.29) is 18.9 Å². The topological polar surface area (TPSA) is 0 Å². The van der Waals surface area contributed by atoms with Crippen molar-refractivity contribution in [2.45, 2.75) is 27.2 Å². The van der Waals surface area contributed by atoms with Crippen LogP contribution in [0, 0.1) is 5.41 Å². The van der Waals surface area contributed by atoms with Gasteiger partial charge in [-0.05, 0) is 11.8 Å².